The number of likely N-dealkylation sites (tertiary alicyclic amines) is 1. The lowest BCUT2D eigenvalue weighted by Gasteiger charge is -2.15. The van der Waals surface area contributed by atoms with Crippen molar-refractivity contribution < 1.29 is 14.7 Å². The lowest BCUT2D eigenvalue weighted by atomic mass is 10.1. The largest absolute Gasteiger partial charge is 0.481 e. The fourth-order valence-electron chi connectivity index (χ4n) is 2.06. The molecule has 1 aliphatic rings. The Bertz CT molecular complexity index is 460. The van der Waals surface area contributed by atoms with Crippen molar-refractivity contribution in [2.24, 2.45) is 5.92 Å². The second-order valence-electron chi connectivity index (χ2n) is 4.37. The third kappa shape index (κ3) is 3.23. The van der Waals surface area contributed by atoms with Crippen LogP contribution in [0, 0.1) is 5.92 Å². The molecule has 6 heteroatoms. The predicted molar refractivity (Wildman–Crippen MR) is 70.0 cm³/mol. The van der Waals surface area contributed by atoms with Crippen LogP contribution in [0.5, 0.6) is 0 Å². The third-order valence-corrected chi connectivity index (χ3v) is 4.40. The van der Waals surface area contributed by atoms with Gasteiger partial charge in [-0.2, -0.15) is 0 Å². The van der Waals surface area contributed by atoms with Gasteiger partial charge in [-0.1, -0.05) is 11.6 Å². The predicted octanol–water partition coefficient (Wildman–Crippen LogP) is 2.27. The molecule has 1 aromatic rings. The Balaban J connectivity index is 1.80. The van der Waals surface area contributed by atoms with Crippen molar-refractivity contribution in [3.05, 3.63) is 21.3 Å². The molecule has 2 heterocycles. The zero-order valence-electron chi connectivity index (χ0n) is 9.76. The Morgan fingerprint density at radius 2 is 2.28 bits per heavy atom. The molecule has 0 radical (unpaired) electrons. The van der Waals surface area contributed by atoms with Crippen molar-refractivity contribution in [3.8, 4) is 0 Å². The number of hydrogen-bond acceptors (Lipinski definition) is 3. The Hall–Kier alpha value is -1.07. The van der Waals surface area contributed by atoms with Crippen LogP contribution in [0.1, 0.15) is 17.7 Å². The van der Waals surface area contributed by atoms with Gasteiger partial charge in [-0.05, 0) is 25.0 Å². The zero-order chi connectivity index (χ0) is 13.1. The van der Waals surface area contributed by atoms with E-state index in [0.717, 1.165) is 9.21 Å². The number of thiophene rings is 1. The first-order valence-electron chi connectivity index (χ1n) is 5.81. The summed E-state index contributed by atoms with van der Waals surface area (Å²) in [5, 5.41) is 8.87. The SMILES string of the molecule is O=C(O)C1CCN(C(=O)CCc2ccc(Cl)s2)C1. The first-order chi connectivity index (χ1) is 8.56. The smallest absolute Gasteiger partial charge is 0.308 e. The van der Waals surface area contributed by atoms with Crippen molar-refractivity contribution in [2.45, 2.75) is 19.3 Å². The summed E-state index contributed by atoms with van der Waals surface area (Å²) >= 11 is 7.29. The van der Waals surface area contributed by atoms with Crippen LogP contribution in [0.15, 0.2) is 12.1 Å². The number of carboxylic acids is 1. The number of carboxylic acid groups (broad SMARTS) is 1. The minimum Gasteiger partial charge on any atom is -0.481 e. The van der Waals surface area contributed by atoms with Crippen LogP contribution in [0.3, 0.4) is 0 Å². The molecule has 4 nitrogen and oxygen atoms in total. The maximum Gasteiger partial charge on any atom is 0.308 e. The Kier molecular flexibility index (Phi) is 4.24. The molecular weight excluding hydrogens is 274 g/mol. The molecule has 18 heavy (non-hydrogen) atoms. The highest BCUT2D eigenvalue weighted by molar-refractivity contribution is 7.16. The summed E-state index contributed by atoms with van der Waals surface area (Å²) < 4.78 is 0.726. The van der Waals surface area contributed by atoms with Crippen LogP contribution in [0.25, 0.3) is 0 Å². The third-order valence-electron chi connectivity index (χ3n) is 3.10. The van der Waals surface area contributed by atoms with Crippen LogP contribution in [0.2, 0.25) is 4.34 Å². The number of hydrogen-bond donors (Lipinski definition) is 1. The van der Waals surface area contributed by atoms with E-state index in [-0.39, 0.29) is 5.91 Å². The molecule has 0 bridgehead atoms. The Labute approximate surface area is 114 Å². The monoisotopic (exact) mass is 287 g/mol. The number of aliphatic carboxylic acids is 1. The molecule has 0 spiro atoms. The lowest BCUT2D eigenvalue weighted by molar-refractivity contribution is -0.141. The molecule has 1 unspecified atom stereocenters. The van der Waals surface area contributed by atoms with Crippen molar-refractivity contribution in [3.63, 3.8) is 0 Å². The summed E-state index contributed by atoms with van der Waals surface area (Å²) in [5.41, 5.74) is 0. The van der Waals surface area contributed by atoms with Gasteiger partial charge in [0.25, 0.3) is 0 Å². The zero-order valence-corrected chi connectivity index (χ0v) is 11.3. The maximum absolute atomic E-state index is 11.9. The standard InChI is InChI=1S/C12H14ClNO3S/c13-10-3-1-9(18-10)2-4-11(15)14-6-5-8(7-14)12(16)17/h1,3,8H,2,4-7H2,(H,16,17). The minimum atomic E-state index is -0.810. The Morgan fingerprint density at radius 3 is 2.83 bits per heavy atom. The molecular formula is C12H14ClNO3S. The summed E-state index contributed by atoms with van der Waals surface area (Å²) in [6, 6.07) is 3.74. The maximum atomic E-state index is 11.9. The summed E-state index contributed by atoms with van der Waals surface area (Å²) in [6.07, 6.45) is 1.65. The van der Waals surface area contributed by atoms with E-state index in [0.29, 0.717) is 32.4 Å². The minimum absolute atomic E-state index is 0.0308. The van der Waals surface area contributed by atoms with Gasteiger partial charge in [0.05, 0.1) is 10.3 Å². The van der Waals surface area contributed by atoms with Gasteiger partial charge < -0.3 is 10.0 Å². The molecule has 1 N–H and O–H groups in total. The van der Waals surface area contributed by atoms with E-state index in [9.17, 15) is 9.59 Å². The quantitative estimate of drug-likeness (QED) is 0.924. The second kappa shape index (κ2) is 5.71. The van der Waals surface area contributed by atoms with Crippen LogP contribution in [-0.4, -0.2) is 35.0 Å². The van der Waals surface area contributed by atoms with Gasteiger partial charge in [-0.15, -0.1) is 11.3 Å². The van der Waals surface area contributed by atoms with Crippen LogP contribution >= 0.6 is 22.9 Å². The van der Waals surface area contributed by atoms with E-state index >= 15 is 0 Å². The van der Waals surface area contributed by atoms with Crippen molar-refractivity contribution in [1.29, 1.82) is 0 Å². The summed E-state index contributed by atoms with van der Waals surface area (Å²) in [5.74, 6) is -1.18. The Morgan fingerprint density at radius 1 is 1.50 bits per heavy atom. The van der Waals surface area contributed by atoms with E-state index in [4.69, 9.17) is 16.7 Å². The molecule has 2 rings (SSSR count). The first kappa shape index (κ1) is 13.4. The van der Waals surface area contributed by atoms with E-state index in [2.05, 4.69) is 0 Å². The summed E-state index contributed by atoms with van der Waals surface area (Å²) in [4.78, 5) is 25.4. The summed E-state index contributed by atoms with van der Waals surface area (Å²) in [6.45, 7) is 0.903. The van der Waals surface area contributed by atoms with Crippen LogP contribution in [-0.2, 0) is 16.0 Å². The highest BCUT2D eigenvalue weighted by Crippen LogP contribution is 2.23. The van der Waals surface area contributed by atoms with Gasteiger partial charge in [0.2, 0.25) is 5.91 Å². The molecule has 1 aliphatic heterocycles. The van der Waals surface area contributed by atoms with E-state index in [1.807, 2.05) is 12.1 Å². The average molecular weight is 288 g/mol. The molecule has 98 valence electrons. The van der Waals surface area contributed by atoms with E-state index in [1.165, 1.54) is 11.3 Å². The van der Waals surface area contributed by atoms with Crippen LogP contribution < -0.4 is 0 Å². The molecule has 0 aromatic carbocycles. The number of rotatable bonds is 4. The lowest BCUT2D eigenvalue weighted by Crippen LogP contribution is -2.30. The van der Waals surface area contributed by atoms with E-state index < -0.39 is 11.9 Å². The molecule has 1 amide bonds. The average Bonchev–Trinajstić information content (AvgIpc) is 2.94. The molecule has 1 atom stereocenters. The normalized spacial score (nSPS) is 19.2. The number of halogens is 1. The number of carbonyl (C=O) groups is 2. The van der Waals surface area contributed by atoms with Crippen molar-refractivity contribution in [2.75, 3.05) is 13.1 Å². The van der Waals surface area contributed by atoms with Gasteiger partial charge in [-0.3, -0.25) is 9.59 Å². The van der Waals surface area contributed by atoms with Gasteiger partial charge in [0.15, 0.2) is 0 Å². The van der Waals surface area contributed by atoms with Crippen molar-refractivity contribution >= 4 is 34.8 Å². The van der Waals surface area contributed by atoms with Gasteiger partial charge >= 0.3 is 5.97 Å². The molecule has 0 saturated carbocycles. The number of aryl methyl sites for hydroxylation is 1. The number of carbonyl (C=O) groups excluding carboxylic acids is 1. The van der Waals surface area contributed by atoms with Gasteiger partial charge in [0, 0.05) is 24.4 Å². The van der Waals surface area contributed by atoms with Gasteiger partial charge in [-0.25, -0.2) is 0 Å². The first-order valence-corrected chi connectivity index (χ1v) is 7.00. The highest BCUT2D eigenvalue weighted by Gasteiger charge is 2.30. The number of amides is 1. The highest BCUT2D eigenvalue weighted by atomic mass is 35.5. The number of nitrogens with zero attached hydrogens (tertiary/aromatic N) is 1. The van der Waals surface area contributed by atoms with Crippen molar-refractivity contribution in [1.82, 2.24) is 4.90 Å². The molecule has 1 saturated heterocycles. The molecule has 1 fully saturated rings. The fraction of sp³-hybridized carbons (Fsp3) is 0.500. The second-order valence-corrected chi connectivity index (χ2v) is 6.17. The fourth-order valence-corrected chi connectivity index (χ4v) is 3.15. The molecule has 0 aliphatic carbocycles. The van der Waals surface area contributed by atoms with Crippen LogP contribution in [0.4, 0.5) is 0 Å². The van der Waals surface area contributed by atoms with Gasteiger partial charge in [0.1, 0.15) is 0 Å². The summed E-state index contributed by atoms with van der Waals surface area (Å²) in [7, 11) is 0. The molecule has 1 aromatic heterocycles. The topological polar surface area (TPSA) is 57.6 Å². The van der Waals surface area contributed by atoms with E-state index in [1.54, 1.807) is 4.90 Å².